The van der Waals surface area contributed by atoms with Crippen molar-refractivity contribution in [3.8, 4) is 11.3 Å². The molecule has 1 N–H and O–H groups in total. The molecule has 0 radical (unpaired) electrons. The molecular weight excluding hydrogens is 370 g/mol. The Hall–Kier alpha value is -3.94. The van der Waals surface area contributed by atoms with Gasteiger partial charge in [0.2, 0.25) is 0 Å². The van der Waals surface area contributed by atoms with Gasteiger partial charge in [0.05, 0.1) is 16.2 Å². The van der Waals surface area contributed by atoms with E-state index in [1.807, 2.05) is 24.4 Å². The monoisotopic (exact) mass is 389 g/mol. The van der Waals surface area contributed by atoms with E-state index in [1.165, 1.54) is 12.1 Å². The summed E-state index contributed by atoms with van der Waals surface area (Å²) in [7, 11) is 1.80. The molecule has 0 unspecified atom stereocenters. The Morgan fingerprint density at radius 3 is 2.66 bits per heavy atom. The fraction of sp³-hybridized carbons (Fsp3) is 0.143. The van der Waals surface area contributed by atoms with Gasteiger partial charge in [-0.05, 0) is 24.3 Å². The van der Waals surface area contributed by atoms with Crippen LogP contribution in [-0.2, 0) is 7.05 Å². The van der Waals surface area contributed by atoms with Gasteiger partial charge in [0, 0.05) is 48.7 Å². The van der Waals surface area contributed by atoms with Gasteiger partial charge in [-0.25, -0.2) is 0 Å². The van der Waals surface area contributed by atoms with Crippen LogP contribution in [0.2, 0.25) is 0 Å². The van der Waals surface area contributed by atoms with Gasteiger partial charge in [-0.3, -0.25) is 19.6 Å². The molecule has 4 rings (SSSR count). The van der Waals surface area contributed by atoms with Gasteiger partial charge in [-0.15, -0.1) is 6.58 Å². The first-order valence-corrected chi connectivity index (χ1v) is 9.05. The number of amides is 1. The lowest BCUT2D eigenvalue weighted by Crippen LogP contribution is -2.43. The third-order valence-electron chi connectivity index (χ3n) is 4.85. The summed E-state index contributed by atoms with van der Waals surface area (Å²) in [5.74, 6) is -0.0947. The zero-order valence-electron chi connectivity index (χ0n) is 15.8. The standard InChI is InChI=1S/C21H19N5O3/c1-3-12-25-20(22-18-7-5-4-6-16(18)21(25)27)17-13-24(2)23-19(17)14-8-10-15(11-9-14)26(28)29/h3-11,13,20,22H,1,12H2,2H3/t20-/m0/s1. The molecule has 1 aromatic heterocycles. The number of hydrogen-bond acceptors (Lipinski definition) is 5. The van der Waals surface area contributed by atoms with E-state index < -0.39 is 11.1 Å². The predicted molar refractivity (Wildman–Crippen MR) is 109 cm³/mol. The van der Waals surface area contributed by atoms with Crippen LogP contribution < -0.4 is 5.32 Å². The van der Waals surface area contributed by atoms with Crippen LogP contribution in [0, 0.1) is 10.1 Å². The summed E-state index contributed by atoms with van der Waals surface area (Å²) in [6.07, 6.45) is 3.09. The lowest BCUT2D eigenvalue weighted by atomic mass is 10.0. The van der Waals surface area contributed by atoms with Crippen LogP contribution >= 0.6 is 0 Å². The fourth-order valence-corrected chi connectivity index (χ4v) is 3.54. The molecule has 2 aromatic carbocycles. The zero-order valence-corrected chi connectivity index (χ0v) is 15.8. The van der Waals surface area contributed by atoms with Crippen LogP contribution in [0.15, 0.2) is 67.4 Å². The summed E-state index contributed by atoms with van der Waals surface area (Å²) >= 11 is 0. The number of aryl methyl sites for hydroxylation is 1. The SMILES string of the molecule is C=CCN1C(=O)c2ccccc2N[C@@H]1c1cn(C)nc1-c1ccc([N+](=O)[O-])cc1. The molecule has 0 spiro atoms. The van der Waals surface area contributed by atoms with Crippen molar-refractivity contribution < 1.29 is 9.72 Å². The first-order valence-electron chi connectivity index (χ1n) is 9.05. The number of anilines is 1. The van der Waals surface area contributed by atoms with Crippen molar-refractivity contribution in [2.45, 2.75) is 6.17 Å². The van der Waals surface area contributed by atoms with Crippen molar-refractivity contribution in [1.29, 1.82) is 0 Å². The summed E-state index contributed by atoms with van der Waals surface area (Å²) in [4.78, 5) is 25.3. The van der Waals surface area contributed by atoms with Crippen LogP contribution in [0.1, 0.15) is 22.1 Å². The van der Waals surface area contributed by atoms with E-state index in [4.69, 9.17) is 0 Å². The van der Waals surface area contributed by atoms with Crippen molar-refractivity contribution in [3.63, 3.8) is 0 Å². The highest BCUT2D eigenvalue weighted by molar-refractivity contribution is 6.02. The first kappa shape index (κ1) is 18.4. The second kappa shape index (κ2) is 7.23. The minimum Gasteiger partial charge on any atom is -0.361 e. The molecule has 0 saturated heterocycles. The Balaban J connectivity index is 1.80. The minimum absolute atomic E-state index is 0.0133. The van der Waals surface area contributed by atoms with Crippen LogP contribution in [0.3, 0.4) is 0 Å². The van der Waals surface area contributed by atoms with Crippen LogP contribution in [-0.4, -0.2) is 32.1 Å². The quantitative estimate of drug-likeness (QED) is 0.407. The summed E-state index contributed by atoms with van der Waals surface area (Å²) < 4.78 is 1.67. The largest absolute Gasteiger partial charge is 0.361 e. The third kappa shape index (κ3) is 3.25. The zero-order chi connectivity index (χ0) is 20.5. The Kier molecular flexibility index (Phi) is 4.59. The third-order valence-corrected chi connectivity index (χ3v) is 4.85. The van der Waals surface area contributed by atoms with E-state index in [-0.39, 0.29) is 11.6 Å². The smallest absolute Gasteiger partial charge is 0.269 e. The number of nitro groups is 1. The van der Waals surface area contributed by atoms with E-state index in [9.17, 15) is 14.9 Å². The molecular formula is C21H19N5O3. The molecule has 1 atom stereocenters. The molecule has 29 heavy (non-hydrogen) atoms. The summed E-state index contributed by atoms with van der Waals surface area (Å²) in [6, 6.07) is 13.6. The summed E-state index contributed by atoms with van der Waals surface area (Å²) in [6.45, 7) is 4.14. The Labute approximate surface area is 167 Å². The lowest BCUT2D eigenvalue weighted by Gasteiger charge is -2.37. The van der Waals surface area contributed by atoms with E-state index in [0.29, 0.717) is 17.8 Å². The van der Waals surface area contributed by atoms with Crippen molar-refractivity contribution >= 4 is 17.3 Å². The lowest BCUT2D eigenvalue weighted by molar-refractivity contribution is -0.384. The summed E-state index contributed by atoms with van der Waals surface area (Å²) in [5, 5.41) is 18.9. The number of carbonyl (C=O) groups excluding carboxylic acids is 1. The number of aromatic nitrogens is 2. The van der Waals surface area contributed by atoms with Crippen molar-refractivity contribution in [2.75, 3.05) is 11.9 Å². The van der Waals surface area contributed by atoms with Crippen LogP contribution in [0.5, 0.6) is 0 Å². The molecule has 3 aromatic rings. The molecule has 1 aliphatic heterocycles. The molecule has 1 aliphatic rings. The van der Waals surface area contributed by atoms with Gasteiger partial charge in [-0.2, -0.15) is 5.10 Å². The van der Waals surface area contributed by atoms with Gasteiger partial charge >= 0.3 is 0 Å². The second-order valence-electron chi connectivity index (χ2n) is 6.75. The van der Waals surface area contributed by atoms with Gasteiger partial charge in [-0.1, -0.05) is 18.2 Å². The molecule has 1 amide bonds. The topological polar surface area (TPSA) is 93.3 Å². The molecule has 0 aliphatic carbocycles. The number of fused-ring (bicyclic) bond motifs is 1. The van der Waals surface area contributed by atoms with Crippen molar-refractivity contribution in [1.82, 2.24) is 14.7 Å². The predicted octanol–water partition coefficient (Wildman–Crippen LogP) is 3.75. The fourth-order valence-electron chi connectivity index (χ4n) is 3.54. The molecule has 146 valence electrons. The number of para-hydroxylation sites is 1. The van der Waals surface area contributed by atoms with E-state index in [2.05, 4.69) is 17.0 Å². The number of benzene rings is 2. The molecule has 2 heterocycles. The minimum atomic E-state index is -0.450. The van der Waals surface area contributed by atoms with Gasteiger partial charge in [0.1, 0.15) is 6.17 Å². The Morgan fingerprint density at radius 2 is 1.97 bits per heavy atom. The highest BCUT2D eigenvalue weighted by Gasteiger charge is 2.34. The van der Waals surface area contributed by atoms with E-state index >= 15 is 0 Å². The molecule has 0 bridgehead atoms. The highest BCUT2D eigenvalue weighted by atomic mass is 16.6. The van der Waals surface area contributed by atoms with E-state index in [0.717, 1.165) is 16.8 Å². The maximum atomic E-state index is 13.1. The van der Waals surface area contributed by atoms with Crippen LogP contribution in [0.4, 0.5) is 11.4 Å². The number of nitro benzene ring substituents is 1. The molecule has 8 nitrogen and oxygen atoms in total. The number of hydrogen-bond donors (Lipinski definition) is 1. The molecule has 0 saturated carbocycles. The van der Waals surface area contributed by atoms with Gasteiger partial charge in [0.25, 0.3) is 11.6 Å². The van der Waals surface area contributed by atoms with Crippen LogP contribution in [0.25, 0.3) is 11.3 Å². The maximum Gasteiger partial charge on any atom is 0.269 e. The summed E-state index contributed by atoms with van der Waals surface area (Å²) in [5.41, 5.74) is 3.55. The number of nitrogens with one attached hydrogen (secondary N) is 1. The second-order valence-corrected chi connectivity index (χ2v) is 6.75. The normalized spacial score (nSPS) is 15.6. The average Bonchev–Trinajstić information content (AvgIpc) is 3.11. The van der Waals surface area contributed by atoms with Gasteiger partial charge in [0.15, 0.2) is 0 Å². The van der Waals surface area contributed by atoms with Gasteiger partial charge < -0.3 is 10.2 Å². The highest BCUT2D eigenvalue weighted by Crippen LogP contribution is 2.37. The van der Waals surface area contributed by atoms with Crippen molar-refractivity contribution in [3.05, 3.63) is 88.6 Å². The number of carbonyl (C=O) groups is 1. The average molecular weight is 389 g/mol. The maximum absolute atomic E-state index is 13.1. The molecule has 8 heteroatoms. The number of nitrogens with zero attached hydrogens (tertiary/aromatic N) is 4. The van der Waals surface area contributed by atoms with E-state index in [1.54, 1.807) is 40.9 Å². The Morgan fingerprint density at radius 1 is 1.24 bits per heavy atom. The number of rotatable bonds is 5. The van der Waals surface area contributed by atoms with Crippen molar-refractivity contribution in [2.24, 2.45) is 7.05 Å². The molecule has 0 fully saturated rings. The Bertz CT molecular complexity index is 1100. The number of non-ortho nitro benzene ring substituents is 1. The first-order chi connectivity index (χ1) is 14.0.